The zero-order valence-electron chi connectivity index (χ0n) is 14.1. The summed E-state index contributed by atoms with van der Waals surface area (Å²) in [5, 5.41) is 0. The summed E-state index contributed by atoms with van der Waals surface area (Å²) in [6.07, 6.45) is 2.00. The quantitative estimate of drug-likeness (QED) is 0.865. The molecule has 0 aliphatic carbocycles. The molecule has 4 rings (SSSR count). The minimum atomic E-state index is 0.448. The van der Waals surface area contributed by atoms with Crippen LogP contribution in [0.3, 0.4) is 0 Å². The van der Waals surface area contributed by atoms with Crippen LogP contribution >= 0.6 is 0 Å². The van der Waals surface area contributed by atoms with Crippen LogP contribution in [0.25, 0.3) is 0 Å². The highest BCUT2D eigenvalue weighted by molar-refractivity contribution is 5.43. The Hall–Kier alpha value is -2.36. The van der Waals surface area contributed by atoms with Gasteiger partial charge in [-0.05, 0) is 60.4 Å². The number of rotatable bonds is 3. The van der Waals surface area contributed by atoms with Crippen molar-refractivity contribution in [3.05, 3.63) is 47.5 Å². The lowest BCUT2D eigenvalue weighted by Crippen LogP contribution is -2.35. The summed E-state index contributed by atoms with van der Waals surface area (Å²) < 4.78 is 22.6. The second-order valence-electron chi connectivity index (χ2n) is 6.50. The fourth-order valence-corrected chi connectivity index (χ4v) is 3.65. The maximum atomic E-state index is 5.99. The molecule has 126 valence electrons. The number of hydrogen-bond acceptors (Lipinski definition) is 4. The van der Waals surface area contributed by atoms with Crippen molar-refractivity contribution >= 4 is 0 Å². The molecule has 2 atom stereocenters. The van der Waals surface area contributed by atoms with Crippen LogP contribution in [-0.2, 0) is 12.8 Å². The molecule has 0 amide bonds. The Labute approximate surface area is 142 Å². The SMILES string of the molecule is COc1ccc2c(c1)C[C@@H]([C@H]1COc3ccc(OC)cc3C1)CO2. The van der Waals surface area contributed by atoms with Gasteiger partial charge in [0.1, 0.15) is 23.0 Å². The van der Waals surface area contributed by atoms with Crippen molar-refractivity contribution in [2.45, 2.75) is 12.8 Å². The number of methoxy groups -OCH3 is 2. The van der Waals surface area contributed by atoms with E-state index in [2.05, 4.69) is 12.1 Å². The predicted octanol–water partition coefficient (Wildman–Crippen LogP) is 3.51. The average molecular weight is 326 g/mol. The van der Waals surface area contributed by atoms with Crippen LogP contribution < -0.4 is 18.9 Å². The Morgan fingerprint density at radius 1 is 0.750 bits per heavy atom. The van der Waals surface area contributed by atoms with Crippen LogP contribution in [-0.4, -0.2) is 27.4 Å². The summed E-state index contributed by atoms with van der Waals surface area (Å²) >= 11 is 0. The fraction of sp³-hybridized carbons (Fsp3) is 0.400. The van der Waals surface area contributed by atoms with E-state index in [-0.39, 0.29) is 0 Å². The molecular formula is C20H22O4. The third-order valence-electron chi connectivity index (χ3n) is 5.07. The predicted molar refractivity (Wildman–Crippen MR) is 91.4 cm³/mol. The maximum Gasteiger partial charge on any atom is 0.122 e. The van der Waals surface area contributed by atoms with E-state index in [4.69, 9.17) is 18.9 Å². The van der Waals surface area contributed by atoms with Gasteiger partial charge >= 0.3 is 0 Å². The molecule has 0 spiro atoms. The first-order valence-corrected chi connectivity index (χ1v) is 8.36. The van der Waals surface area contributed by atoms with Crippen LogP contribution in [0.2, 0.25) is 0 Å². The molecule has 4 heteroatoms. The lowest BCUT2D eigenvalue weighted by Gasteiger charge is -2.34. The molecule has 0 bridgehead atoms. The van der Waals surface area contributed by atoms with E-state index in [9.17, 15) is 0 Å². The van der Waals surface area contributed by atoms with Gasteiger partial charge in [0, 0.05) is 11.8 Å². The van der Waals surface area contributed by atoms with Crippen LogP contribution in [0.15, 0.2) is 36.4 Å². The Kier molecular flexibility index (Phi) is 3.97. The molecule has 0 aromatic heterocycles. The highest BCUT2D eigenvalue weighted by atomic mass is 16.5. The van der Waals surface area contributed by atoms with E-state index < -0.39 is 0 Å². The molecule has 2 aromatic carbocycles. The Bertz CT molecular complexity index is 677. The number of fused-ring (bicyclic) bond motifs is 2. The van der Waals surface area contributed by atoms with Crippen LogP contribution in [0, 0.1) is 11.8 Å². The van der Waals surface area contributed by atoms with Gasteiger partial charge in [-0.2, -0.15) is 0 Å². The topological polar surface area (TPSA) is 36.9 Å². The van der Waals surface area contributed by atoms with E-state index in [1.54, 1.807) is 14.2 Å². The first kappa shape index (κ1) is 15.2. The van der Waals surface area contributed by atoms with Gasteiger partial charge in [0.15, 0.2) is 0 Å². The summed E-state index contributed by atoms with van der Waals surface area (Å²) in [5.74, 6) is 4.62. The van der Waals surface area contributed by atoms with E-state index in [1.807, 2.05) is 24.3 Å². The summed E-state index contributed by atoms with van der Waals surface area (Å²) in [5.41, 5.74) is 2.45. The van der Waals surface area contributed by atoms with Gasteiger partial charge in [0.05, 0.1) is 27.4 Å². The molecule has 0 unspecified atom stereocenters. The third kappa shape index (κ3) is 2.77. The number of benzene rings is 2. The molecule has 2 aliphatic rings. The van der Waals surface area contributed by atoms with Crippen molar-refractivity contribution in [1.82, 2.24) is 0 Å². The minimum Gasteiger partial charge on any atom is -0.497 e. The van der Waals surface area contributed by atoms with Gasteiger partial charge in [0.25, 0.3) is 0 Å². The molecule has 4 nitrogen and oxygen atoms in total. The molecule has 0 fully saturated rings. The van der Waals surface area contributed by atoms with Crippen molar-refractivity contribution in [2.75, 3.05) is 27.4 Å². The van der Waals surface area contributed by atoms with E-state index in [0.29, 0.717) is 11.8 Å². The van der Waals surface area contributed by atoms with Crippen LogP contribution in [0.4, 0.5) is 0 Å². The van der Waals surface area contributed by atoms with Crippen molar-refractivity contribution in [3.63, 3.8) is 0 Å². The maximum absolute atomic E-state index is 5.99. The molecule has 24 heavy (non-hydrogen) atoms. The Balaban J connectivity index is 1.52. The molecular weight excluding hydrogens is 304 g/mol. The molecule has 2 aliphatic heterocycles. The van der Waals surface area contributed by atoms with Crippen LogP contribution in [0.5, 0.6) is 23.0 Å². The van der Waals surface area contributed by atoms with Gasteiger partial charge in [-0.3, -0.25) is 0 Å². The minimum absolute atomic E-state index is 0.448. The summed E-state index contributed by atoms with van der Waals surface area (Å²) in [6.45, 7) is 1.49. The average Bonchev–Trinajstić information content (AvgIpc) is 2.66. The lowest BCUT2D eigenvalue weighted by molar-refractivity contribution is 0.113. The van der Waals surface area contributed by atoms with Gasteiger partial charge < -0.3 is 18.9 Å². The van der Waals surface area contributed by atoms with Crippen molar-refractivity contribution in [2.24, 2.45) is 11.8 Å². The van der Waals surface area contributed by atoms with Crippen molar-refractivity contribution in [1.29, 1.82) is 0 Å². The second kappa shape index (κ2) is 6.27. The van der Waals surface area contributed by atoms with Gasteiger partial charge in [-0.15, -0.1) is 0 Å². The Morgan fingerprint density at radius 3 is 1.62 bits per heavy atom. The van der Waals surface area contributed by atoms with Gasteiger partial charge in [-0.1, -0.05) is 0 Å². The monoisotopic (exact) mass is 326 g/mol. The van der Waals surface area contributed by atoms with Gasteiger partial charge in [0.2, 0.25) is 0 Å². The highest BCUT2D eigenvalue weighted by Crippen LogP contribution is 2.38. The van der Waals surface area contributed by atoms with Crippen LogP contribution in [0.1, 0.15) is 11.1 Å². The molecule has 0 radical (unpaired) electrons. The first-order chi connectivity index (χ1) is 11.8. The summed E-state index contributed by atoms with van der Waals surface area (Å²) in [7, 11) is 3.39. The molecule has 0 saturated carbocycles. The highest BCUT2D eigenvalue weighted by Gasteiger charge is 2.31. The lowest BCUT2D eigenvalue weighted by atomic mass is 9.81. The zero-order valence-corrected chi connectivity index (χ0v) is 14.1. The van der Waals surface area contributed by atoms with Crippen molar-refractivity contribution < 1.29 is 18.9 Å². The molecule has 0 saturated heterocycles. The molecule has 0 N–H and O–H groups in total. The number of ether oxygens (including phenoxy) is 4. The largest absolute Gasteiger partial charge is 0.497 e. The summed E-state index contributed by atoms with van der Waals surface area (Å²) in [4.78, 5) is 0. The zero-order chi connectivity index (χ0) is 16.5. The van der Waals surface area contributed by atoms with E-state index in [0.717, 1.165) is 49.1 Å². The fourth-order valence-electron chi connectivity index (χ4n) is 3.65. The van der Waals surface area contributed by atoms with Gasteiger partial charge in [-0.25, -0.2) is 0 Å². The first-order valence-electron chi connectivity index (χ1n) is 8.36. The van der Waals surface area contributed by atoms with E-state index >= 15 is 0 Å². The smallest absolute Gasteiger partial charge is 0.122 e. The second-order valence-corrected chi connectivity index (χ2v) is 6.50. The molecule has 2 heterocycles. The third-order valence-corrected chi connectivity index (χ3v) is 5.07. The number of hydrogen-bond donors (Lipinski definition) is 0. The standard InChI is InChI=1S/C20H22O4/c1-21-17-3-5-19-13(9-17)7-15(11-23-19)16-8-14-10-18(22-2)4-6-20(14)24-12-16/h3-6,9-10,15-16H,7-8,11-12H2,1-2H3/t15-,16-/m1/s1. The normalized spacial score (nSPS) is 21.8. The molecule has 2 aromatic rings. The summed E-state index contributed by atoms with van der Waals surface area (Å²) in [6, 6.07) is 12.1. The van der Waals surface area contributed by atoms with E-state index in [1.165, 1.54) is 11.1 Å². The Morgan fingerprint density at radius 2 is 1.21 bits per heavy atom. The van der Waals surface area contributed by atoms with Crippen molar-refractivity contribution in [3.8, 4) is 23.0 Å².